The Hall–Kier alpha value is -2.67. The summed E-state index contributed by atoms with van der Waals surface area (Å²) < 4.78 is 16.9. The smallest absolute Gasteiger partial charge is 0.232 e. The largest absolute Gasteiger partial charge is 0.490 e. The van der Waals surface area contributed by atoms with Gasteiger partial charge in [-0.05, 0) is 31.2 Å². The maximum absolute atomic E-state index is 6.02. The second-order valence-corrected chi connectivity index (χ2v) is 6.14. The molecule has 1 aliphatic heterocycles. The summed E-state index contributed by atoms with van der Waals surface area (Å²) in [5.41, 5.74) is 0.868. The van der Waals surface area contributed by atoms with Crippen LogP contribution in [-0.4, -0.2) is 43.9 Å². The number of pyridine rings is 1. The summed E-state index contributed by atoms with van der Waals surface area (Å²) >= 11 is 6.02. The minimum Gasteiger partial charge on any atom is -0.490 e. The number of aromatic nitrogens is 1. The lowest BCUT2D eigenvalue weighted by molar-refractivity contribution is 0.297. The van der Waals surface area contributed by atoms with Crippen LogP contribution in [0, 0.1) is 0 Å². The van der Waals surface area contributed by atoms with E-state index >= 15 is 0 Å². The highest BCUT2D eigenvalue weighted by molar-refractivity contribution is 6.31. The summed E-state index contributed by atoms with van der Waals surface area (Å²) in [4.78, 5) is 8.60. The van der Waals surface area contributed by atoms with Crippen molar-refractivity contribution in [2.75, 3.05) is 38.2 Å². The minimum atomic E-state index is 0.369. The number of hydrogen-bond acceptors (Lipinski definition) is 5. The van der Waals surface area contributed by atoms with Crippen molar-refractivity contribution in [3.8, 4) is 17.4 Å². The van der Waals surface area contributed by atoms with Crippen LogP contribution in [0.4, 0.5) is 5.69 Å². The Morgan fingerprint density at radius 1 is 1.26 bits per heavy atom. The molecule has 0 saturated carbocycles. The predicted molar refractivity (Wildman–Crippen MR) is 106 cm³/mol. The fraction of sp³-hybridized carbons (Fsp3) is 0.368. The maximum atomic E-state index is 6.02. The van der Waals surface area contributed by atoms with Gasteiger partial charge in [0.2, 0.25) is 5.88 Å². The molecule has 2 heterocycles. The van der Waals surface area contributed by atoms with E-state index in [1.165, 1.54) is 0 Å². The van der Waals surface area contributed by atoms with E-state index in [2.05, 4.69) is 20.6 Å². The van der Waals surface area contributed by atoms with Crippen LogP contribution >= 0.6 is 11.6 Å². The number of benzene rings is 1. The second kappa shape index (κ2) is 9.87. The molecule has 2 aromatic rings. The van der Waals surface area contributed by atoms with E-state index in [1.54, 1.807) is 18.3 Å². The number of anilines is 1. The number of rotatable bonds is 6. The number of nitrogens with zero attached hydrogens (tertiary/aromatic N) is 2. The molecule has 0 unspecified atom stereocenters. The zero-order valence-corrected chi connectivity index (χ0v) is 16.0. The van der Waals surface area contributed by atoms with E-state index in [1.807, 2.05) is 25.1 Å². The first-order valence-corrected chi connectivity index (χ1v) is 9.32. The lowest BCUT2D eigenvalue weighted by Gasteiger charge is -2.14. The average molecular weight is 391 g/mol. The van der Waals surface area contributed by atoms with Gasteiger partial charge in [-0.25, -0.2) is 9.98 Å². The molecule has 3 rings (SSSR count). The molecule has 2 N–H and O–H groups in total. The molecule has 144 valence electrons. The summed E-state index contributed by atoms with van der Waals surface area (Å²) in [6.45, 7) is 4.89. The number of aliphatic imine (C=N–C) groups is 1. The molecule has 27 heavy (non-hydrogen) atoms. The van der Waals surface area contributed by atoms with Crippen LogP contribution in [0.15, 0.2) is 41.5 Å². The van der Waals surface area contributed by atoms with Gasteiger partial charge in [-0.3, -0.25) is 0 Å². The molecule has 0 atom stereocenters. The zero-order valence-electron chi connectivity index (χ0n) is 15.2. The van der Waals surface area contributed by atoms with Crippen molar-refractivity contribution in [1.82, 2.24) is 10.3 Å². The molecule has 1 aromatic carbocycles. The summed E-state index contributed by atoms with van der Waals surface area (Å²) in [5.74, 6) is 2.57. The third-order valence-corrected chi connectivity index (χ3v) is 3.97. The van der Waals surface area contributed by atoms with Gasteiger partial charge in [0.1, 0.15) is 11.6 Å². The van der Waals surface area contributed by atoms with Gasteiger partial charge < -0.3 is 24.8 Å². The Bertz CT molecular complexity index is 785. The van der Waals surface area contributed by atoms with Crippen molar-refractivity contribution in [2.45, 2.75) is 13.3 Å². The van der Waals surface area contributed by atoms with Gasteiger partial charge >= 0.3 is 0 Å². The molecule has 8 heteroatoms. The van der Waals surface area contributed by atoms with Crippen LogP contribution in [0.2, 0.25) is 5.02 Å². The van der Waals surface area contributed by atoms with Gasteiger partial charge in [-0.1, -0.05) is 11.6 Å². The molecule has 1 aliphatic rings. The molecular formula is C19H23ClN4O3. The molecule has 0 saturated heterocycles. The molecule has 1 aromatic heterocycles. The lowest BCUT2D eigenvalue weighted by Crippen LogP contribution is -2.31. The zero-order chi connectivity index (χ0) is 18.9. The number of guanidine groups is 1. The van der Waals surface area contributed by atoms with E-state index < -0.39 is 0 Å². The van der Waals surface area contributed by atoms with Gasteiger partial charge in [-0.2, -0.15) is 0 Å². The van der Waals surface area contributed by atoms with Crippen molar-refractivity contribution in [1.29, 1.82) is 0 Å². The SMILES string of the molecule is CCNC(=NCCOc1ncccc1Cl)Nc1ccc2c(c1)OCCCO2. The molecule has 0 bridgehead atoms. The first-order valence-electron chi connectivity index (χ1n) is 8.94. The maximum Gasteiger partial charge on any atom is 0.232 e. The standard InChI is InChI=1S/C19H23ClN4O3/c1-2-21-19(23-9-12-27-18-15(20)5-3-8-22-18)24-14-6-7-16-17(13-14)26-11-4-10-25-16/h3,5-8,13H,2,4,9-12H2,1H3,(H2,21,23,24). The van der Waals surface area contributed by atoms with Crippen molar-refractivity contribution in [3.63, 3.8) is 0 Å². The predicted octanol–water partition coefficient (Wildman–Crippen LogP) is 3.35. The van der Waals surface area contributed by atoms with Gasteiger partial charge in [0.15, 0.2) is 17.5 Å². The Kier molecular flexibility index (Phi) is 6.98. The van der Waals surface area contributed by atoms with E-state index in [-0.39, 0.29) is 0 Å². The summed E-state index contributed by atoms with van der Waals surface area (Å²) in [7, 11) is 0. The molecular weight excluding hydrogens is 368 g/mol. The Morgan fingerprint density at radius 2 is 2.11 bits per heavy atom. The van der Waals surface area contributed by atoms with Crippen molar-refractivity contribution >= 4 is 23.2 Å². The van der Waals surface area contributed by atoms with Crippen molar-refractivity contribution in [2.24, 2.45) is 4.99 Å². The second-order valence-electron chi connectivity index (χ2n) is 5.74. The molecule has 0 aliphatic carbocycles. The van der Waals surface area contributed by atoms with Gasteiger partial charge in [-0.15, -0.1) is 0 Å². The lowest BCUT2D eigenvalue weighted by atomic mass is 10.3. The summed E-state index contributed by atoms with van der Waals surface area (Å²) in [5, 5.41) is 6.95. The fourth-order valence-corrected chi connectivity index (χ4v) is 2.64. The molecule has 0 spiro atoms. The third-order valence-electron chi connectivity index (χ3n) is 3.68. The molecule has 0 amide bonds. The number of ether oxygens (including phenoxy) is 3. The number of fused-ring (bicyclic) bond motifs is 1. The topological polar surface area (TPSA) is 77.0 Å². The van der Waals surface area contributed by atoms with Gasteiger partial charge in [0.05, 0.1) is 19.8 Å². The van der Waals surface area contributed by atoms with Gasteiger partial charge in [0.25, 0.3) is 0 Å². The Labute approximate surface area is 163 Å². The van der Waals surface area contributed by atoms with E-state index in [0.29, 0.717) is 43.2 Å². The molecule has 7 nitrogen and oxygen atoms in total. The first kappa shape index (κ1) is 19.1. The quantitative estimate of drug-likeness (QED) is 0.447. The van der Waals surface area contributed by atoms with E-state index in [9.17, 15) is 0 Å². The van der Waals surface area contributed by atoms with Crippen LogP contribution < -0.4 is 24.8 Å². The van der Waals surface area contributed by atoms with Crippen LogP contribution in [0.25, 0.3) is 0 Å². The highest BCUT2D eigenvalue weighted by Gasteiger charge is 2.11. The molecule has 0 radical (unpaired) electrons. The highest BCUT2D eigenvalue weighted by Crippen LogP contribution is 2.32. The van der Waals surface area contributed by atoms with Crippen LogP contribution in [0.5, 0.6) is 17.4 Å². The van der Waals surface area contributed by atoms with Crippen LogP contribution in [-0.2, 0) is 0 Å². The van der Waals surface area contributed by atoms with E-state index in [4.69, 9.17) is 25.8 Å². The number of halogens is 1. The Balaban J connectivity index is 1.59. The van der Waals surface area contributed by atoms with Crippen LogP contribution in [0.1, 0.15) is 13.3 Å². The summed E-state index contributed by atoms with van der Waals surface area (Å²) in [6, 6.07) is 9.25. The first-order chi connectivity index (χ1) is 13.3. The number of hydrogen-bond donors (Lipinski definition) is 2. The number of nitrogens with one attached hydrogen (secondary N) is 2. The van der Waals surface area contributed by atoms with Crippen molar-refractivity contribution < 1.29 is 14.2 Å². The normalized spacial score (nSPS) is 13.6. The third kappa shape index (κ3) is 5.65. The summed E-state index contributed by atoms with van der Waals surface area (Å²) in [6.07, 6.45) is 2.52. The molecule has 0 fully saturated rings. The van der Waals surface area contributed by atoms with E-state index in [0.717, 1.165) is 30.2 Å². The monoisotopic (exact) mass is 390 g/mol. The highest BCUT2D eigenvalue weighted by atomic mass is 35.5. The average Bonchev–Trinajstić information content (AvgIpc) is 2.91. The fourth-order valence-electron chi connectivity index (χ4n) is 2.46. The minimum absolute atomic E-state index is 0.369. The Morgan fingerprint density at radius 3 is 2.93 bits per heavy atom. The van der Waals surface area contributed by atoms with Gasteiger partial charge in [0, 0.05) is 30.9 Å². The van der Waals surface area contributed by atoms with Crippen molar-refractivity contribution in [3.05, 3.63) is 41.6 Å². The van der Waals surface area contributed by atoms with Crippen LogP contribution in [0.3, 0.4) is 0 Å².